The number of aromatic nitrogens is 2. The molecule has 0 atom stereocenters. The zero-order valence-electron chi connectivity index (χ0n) is 12.2. The van der Waals surface area contributed by atoms with Crippen molar-refractivity contribution >= 4 is 11.8 Å². The summed E-state index contributed by atoms with van der Waals surface area (Å²) in [7, 11) is 0. The maximum Gasteiger partial charge on any atom is 0.355 e. The number of H-pyrrole nitrogens is 1. The third-order valence-electron chi connectivity index (χ3n) is 3.34. The van der Waals surface area contributed by atoms with Crippen molar-refractivity contribution in [1.82, 2.24) is 9.55 Å². The molecule has 0 spiro atoms. The van der Waals surface area contributed by atoms with Crippen molar-refractivity contribution < 1.29 is 14.3 Å². The predicted molar refractivity (Wildman–Crippen MR) is 79.5 cm³/mol. The Bertz CT molecular complexity index is 666. The van der Waals surface area contributed by atoms with Crippen molar-refractivity contribution in [2.75, 3.05) is 6.61 Å². The summed E-state index contributed by atoms with van der Waals surface area (Å²) in [5.74, 6) is -0.744. The van der Waals surface area contributed by atoms with Gasteiger partial charge in [-0.25, -0.2) is 4.79 Å². The first-order valence-corrected chi connectivity index (χ1v) is 6.66. The molecule has 0 aliphatic carbocycles. The van der Waals surface area contributed by atoms with Crippen molar-refractivity contribution in [2.24, 2.45) is 0 Å². The van der Waals surface area contributed by atoms with Gasteiger partial charge in [-0.2, -0.15) is 0 Å². The van der Waals surface area contributed by atoms with Crippen LogP contribution >= 0.6 is 0 Å². The summed E-state index contributed by atoms with van der Waals surface area (Å²) in [5, 5.41) is 0. The molecule has 2 heterocycles. The molecule has 0 aliphatic rings. The van der Waals surface area contributed by atoms with Crippen molar-refractivity contribution in [1.29, 1.82) is 0 Å². The largest absolute Gasteiger partial charge is 0.453 e. The van der Waals surface area contributed by atoms with E-state index in [2.05, 4.69) is 11.6 Å². The zero-order valence-corrected chi connectivity index (χ0v) is 12.2. The molecule has 21 heavy (non-hydrogen) atoms. The number of ketones is 1. The maximum atomic E-state index is 12.2. The van der Waals surface area contributed by atoms with E-state index >= 15 is 0 Å². The molecule has 0 saturated heterocycles. The van der Waals surface area contributed by atoms with Gasteiger partial charge in [-0.05, 0) is 32.0 Å². The molecule has 0 aromatic carbocycles. The van der Waals surface area contributed by atoms with E-state index in [0.29, 0.717) is 17.8 Å². The van der Waals surface area contributed by atoms with E-state index in [9.17, 15) is 9.59 Å². The molecule has 0 fully saturated rings. The topological polar surface area (TPSA) is 64.1 Å². The number of carbonyl (C=O) groups excluding carboxylic acids is 2. The van der Waals surface area contributed by atoms with E-state index in [4.69, 9.17) is 4.74 Å². The van der Waals surface area contributed by atoms with Gasteiger partial charge < -0.3 is 14.3 Å². The lowest BCUT2D eigenvalue weighted by Gasteiger charge is -2.06. The highest BCUT2D eigenvalue weighted by molar-refractivity contribution is 6.00. The number of carbonyl (C=O) groups is 2. The Balaban J connectivity index is 2.05. The summed E-state index contributed by atoms with van der Waals surface area (Å²) >= 11 is 0. The normalized spacial score (nSPS) is 10.4. The Morgan fingerprint density at radius 3 is 2.81 bits per heavy atom. The number of hydrogen-bond acceptors (Lipinski definition) is 3. The van der Waals surface area contributed by atoms with E-state index in [1.54, 1.807) is 24.4 Å². The van der Waals surface area contributed by atoms with Gasteiger partial charge in [0.1, 0.15) is 5.69 Å². The van der Waals surface area contributed by atoms with Crippen LogP contribution < -0.4 is 0 Å². The molecular formula is C16H18N2O3. The molecule has 0 saturated carbocycles. The van der Waals surface area contributed by atoms with Gasteiger partial charge in [0.2, 0.25) is 5.78 Å². The highest BCUT2D eigenvalue weighted by atomic mass is 16.5. The minimum atomic E-state index is -0.534. The van der Waals surface area contributed by atoms with E-state index < -0.39 is 5.97 Å². The molecule has 0 bridgehead atoms. The Kier molecular flexibility index (Phi) is 4.42. The van der Waals surface area contributed by atoms with E-state index in [1.807, 2.05) is 24.5 Å². The van der Waals surface area contributed by atoms with Crippen LogP contribution in [0.15, 0.2) is 37.1 Å². The van der Waals surface area contributed by atoms with E-state index in [1.165, 1.54) is 0 Å². The monoisotopic (exact) mass is 286 g/mol. The standard InChI is InChI=1S/C16H18N2O3/c1-4-8-18-11(2)9-13(12(18)3)15(19)10-21-16(20)14-6-5-7-17-14/h4-7,9,17H,1,8,10H2,2-3H3. The van der Waals surface area contributed by atoms with Crippen LogP contribution in [0, 0.1) is 13.8 Å². The second kappa shape index (κ2) is 6.26. The quantitative estimate of drug-likeness (QED) is 0.504. The summed E-state index contributed by atoms with van der Waals surface area (Å²) in [4.78, 5) is 26.6. The van der Waals surface area contributed by atoms with Gasteiger partial charge in [0.15, 0.2) is 6.61 Å². The van der Waals surface area contributed by atoms with Crippen LogP contribution in [0.2, 0.25) is 0 Å². The Hall–Kier alpha value is -2.56. The van der Waals surface area contributed by atoms with Crippen LogP contribution in [0.1, 0.15) is 32.2 Å². The molecule has 1 N–H and O–H groups in total. The first-order valence-electron chi connectivity index (χ1n) is 6.66. The average molecular weight is 286 g/mol. The number of rotatable bonds is 6. The first-order chi connectivity index (χ1) is 10.0. The van der Waals surface area contributed by atoms with Gasteiger partial charge in [0.25, 0.3) is 0 Å². The lowest BCUT2D eigenvalue weighted by atomic mass is 10.1. The molecule has 0 unspecified atom stereocenters. The minimum Gasteiger partial charge on any atom is -0.453 e. The molecule has 0 radical (unpaired) electrons. The molecule has 5 heteroatoms. The fourth-order valence-corrected chi connectivity index (χ4v) is 2.24. The highest BCUT2D eigenvalue weighted by Crippen LogP contribution is 2.16. The van der Waals surface area contributed by atoms with Gasteiger partial charge in [-0.3, -0.25) is 4.79 Å². The second-order valence-electron chi connectivity index (χ2n) is 4.77. The molecule has 2 rings (SSSR count). The molecular weight excluding hydrogens is 268 g/mol. The lowest BCUT2D eigenvalue weighted by Crippen LogP contribution is -2.15. The average Bonchev–Trinajstić information content (AvgIpc) is 3.08. The SMILES string of the molecule is C=CCn1c(C)cc(C(=O)COC(=O)c2ccc[nH]2)c1C. The minimum absolute atomic E-state index is 0.210. The fraction of sp³-hybridized carbons (Fsp3) is 0.250. The predicted octanol–water partition coefficient (Wildman–Crippen LogP) is 2.66. The third-order valence-corrected chi connectivity index (χ3v) is 3.34. The van der Waals surface area contributed by atoms with E-state index in [-0.39, 0.29) is 12.4 Å². The summed E-state index contributed by atoms with van der Waals surface area (Å²) in [6.07, 6.45) is 3.40. The number of Topliss-reactive ketones (excluding diaryl/α,β-unsaturated/α-hetero) is 1. The highest BCUT2D eigenvalue weighted by Gasteiger charge is 2.17. The number of aryl methyl sites for hydroxylation is 1. The zero-order chi connectivity index (χ0) is 15.4. The number of ether oxygens (including phenoxy) is 1. The maximum absolute atomic E-state index is 12.2. The van der Waals surface area contributed by atoms with E-state index in [0.717, 1.165) is 11.4 Å². The lowest BCUT2D eigenvalue weighted by molar-refractivity contribution is 0.0469. The number of aromatic amines is 1. The van der Waals surface area contributed by atoms with Crippen molar-refractivity contribution in [2.45, 2.75) is 20.4 Å². The number of nitrogens with zero attached hydrogens (tertiary/aromatic N) is 1. The number of hydrogen-bond donors (Lipinski definition) is 1. The molecule has 0 amide bonds. The third kappa shape index (κ3) is 3.13. The van der Waals surface area contributed by atoms with Gasteiger partial charge in [-0.1, -0.05) is 6.08 Å². The first kappa shape index (κ1) is 14.8. The Labute approximate surface area is 123 Å². The summed E-state index contributed by atoms with van der Waals surface area (Å²) in [6.45, 7) is 7.88. The molecule has 110 valence electrons. The van der Waals surface area contributed by atoms with Gasteiger partial charge in [-0.15, -0.1) is 6.58 Å². The molecule has 0 aliphatic heterocycles. The Morgan fingerprint density at radius 2 is 2.19 bits per heavy atom. The summed E-state index contributed by atoms with van der Waals surface area (Å²) in [5.41, 5.74) is 2.74. The van der Waals surface area contributed by atoms with Crippen LogP contribution in [0.25, 0.3) is 0 Å². The van der Waals surface area contributed by atoms with Crippen LogP contribution in [0.3, 0.4) is 0 Å². The number of allylic oxidation sites excluding steroid dienone is 1. The summed E-state index contributed by atoms with van der Waals surface area (Å²) < 4.78 is 7.01. The molecule has 2 aromatic heterocycles. The van der Waals surface area contributed by atoms with Crippen molar-refractivity contribution in [3.05, 3.63) is 59.7 Å². The van der Waals surface area contributed by atoms with Crippen LogP contribution in [-0.4, -0.2) is 27.9 Å². The van der Waals surface area contributed by atoms with Gasteiger partial charge in [0, 0.05) is 29.7 Å². The van der Waals surface area contributed by atoms with Crippen molar-refractivity contribution in [3.63, 3.8) is 0 Å². The summed E-state index contributed by atoms with van der Waals surface area (Å²) in [6, 6.07) is 5.10. The number of nitrogens with one attached hydrogen (secondary N) is 1. The fourth-order valence-electron chi connectivity index (χ4n) is 2.24. The van der Waals surface area contributed by atoms with Crippen LogP contribution in [0.5, 0.6) is 0 Å². The van der Waals surface area contributed by atoms with Gasteiger partial charge >= 0.3 is 5.97 Å². The smallest absolute Gasteiger partial charge is 0.355 e. The van der Waals surface area contributed by atoms with Crippen LogP contribution in [0.4, 0.5) is 0 Å². The Morgan fingerprint density at radius 1 is 1.43 bits per heavy atom. The molecule has 2 aromatic rings. The molecule has 5 nitrogen and oxygen atoms in total. The van der Waals surface area contributed by atoms with Crippen LogP contribution in [-0.2, 0) is 11.3 Å². The van der Waals surface area contributed by atoms with Crippen molar-refractivity contribution in [3.8, 4) is 0 Å². The number of esters is 1. The second-order valence-corrected chi connectivity index (χ2v) is 4.77. The van der Waals surface area contributed by atoms with Gasteiger partial charge in [0.05, 0.1) is 0 Å².